The number of hydrogen-bond donors (Lipinski definition) is 0. The number of ether oxygens (including phenoxy) is 1. The Bertz CT molecular complexity index is 924. The molecule has 0 amide bonds. The van der Waals surface area contributed by atoms with E-state index in [4.69, 9.17) is 21.3 Å². The first kappa shape index (κ1) is 16.3. The van der Waals surface area contributed by atoms with Crippen LogP contribution in [0.25, 0.3) is 16.9 Å². The average molecular weight is 368 g/mol. The van der Waals surface area contributed by atoms with Crippen molar-refractivity contribution in [1.82, 2.24) is 14.3 Å². The normalized spacial score (nSPS) is 18.5. The van der Waals surface area contributed by atoms with Gasteiger partial charge in [0.1, 0.15) is 5.65 Å². The number of imidazole rings is 1. The summed E-state index contributed by atoms with van der Waals surface area (Å²) in [6.07, 6.45) is 4.92. The minimum atomic E-state index is 0.733. The number of morpholine rings is 1. The van der Waals surface area contributed by atoms with Gasteiger partial charge in [0.05, 0.1) is 24.6 Å². The molecule has 0 unspecified atom stereocenters. The molecule has 134 valence electrons. The van der Waals surface area contributed by atoms with E-state index >= 15 is 0 Å². The average Bonchev–Trinajstić information content (AvgIpc) is 3.47. The number of nitrogens with zero attached hydrogens (tertiary/aromatic N) is 3. The van der Waals surface area contributed by atoms with Crippen molar-refractivity contribution in [1.29, 1.82) is 0 Å². The maximum Gasteiger partial charge on any atom is 0.137 e. The van der Waals surface area contributed by atoms with Crippen molar-refractivity contribution in [3.63, 3.8) is 0 Å². The lowest BCUT2D eigenvalue weighted by atomic mass is 10.1. The van der Waals surface area contributed by atoms with Crippen molar-refractivity contribution in [2.45, 2.75) is 25.3 Å². The molecule has 3 heterocycles. The van der Waals surface area contributed by atoms with Gasteiger partial charge in [-0.3, -0.25) is 4.90 Å². The van der Waals surface area contributed by atoms with Gasteiger partial charge in [0.2, 0.25) is 0 Å². The molecule has 0 radical (unpaired) electrons. The molecular weight excluding hydrogens is 346 g/mol. The summed E-state index contributed by atoms with van der Waals surface area (Å²) >= 11 is 6.09. The van der Waals surface area contributed by atoms with E-state index in [1.807, 2.05) is 12.1 Å². The highest BCUT2D eigenvalue weighted by Crippen LogP contribution is 2.40. The third-order valence-corrected chi connectivity index (χ3v) is 5.64. The van der Waals surface area contributed by atoms with Crippen LogP contribution in [0.5, 0.6) is 0 Å². The van der Waals surface area contributed by atoms with E-state index in [2.05, 4.69) is 39.8 Å². The summed E-state index contributed by atoms with van der Waals surface area (Å²) in [6.45, 7) is 4.43. The number of pyridine rings is 1. The molecule has 5 rings (SSSR count). The minimum Gasteiger partial charge on any atom is -0.379 e. The molecule has 2 aliphatic rings. The van der Waals surface area contributed by atoms with Crippen molar-refractivity contribution >= 4 is 17.2 Å². The molecule has 26 heavy (non-hydrogen) atoms. The van der Waals surface area contributed by atoms with Crippen LogP contribution in [0, 0.1) is 0 Å². The number of rotatable bonds is 4. The quantitative estimate of drug-likeness (QED) is 0.686. The largest absolute Gasteiger partial charge is 0.379 e. The summed E-state index contributed by atoms with van der Waals surface area (Å²) < 4.78 is 7.81. The van der Waals surface area contributed by atoms with Crippen LogP contribution in [0.3, 0.4) is 0 Å². The number of fused-ring (bicyclic) bond motifs is 1. The molecule has 1 saturated heterocycles. The third-order valence-electron chi connectivity index (χ3n) is 5.38. The number of benzene rings is 1. The molecule has 1 aromatic carbocycles. The van der Waals surface area contributed by atoms with Crippen molar-refractivity contribution in [2.75, 3.05) is 26.3 Å². The highest BCUT2D eigenvalue weighted by atomic mass is 35.5. The molecule has 4 nitrogen and oxygen atoms in total. The van der Waals surface area contributed by atoms with Gasteiger partial charge in [-0.2, -0.15) is 0 Å². The van der Waals surface area contributed by atoms with Crippen molar-refractivity contribution in [2.24, 2.45) is 0 Å². The Hall–Kier alpha value is -1.88. The lowest BCUT2D eigenvalue weighted by molar-refractivity contribution is 0.0336. The predicted octanol–water partition coefficient (Wildman–Crippen LogP) is 4.36. The summed E-state index contributed by atoms with van der Waals surface area (Å²) in [4.78, 5) is 7.42. The summed E-state index contributed by atoms with van der Waals surface area (Å²) in [7, 11) is 0. The molecule has 0 spiro atoms. The third kappa shape index (κ3) is 3.13. The van der Waals surface area contributed by atoms with Gasteiger partial charge in [-0.25, -0.2) is 4.98 Å². The van der Waals surface area contributed by atoms with Crippen LogP contribution < -0.4 is 0 Å². The Labute approximate surface area is 158 Å². The fourth-order valence-electron chi connectivity index (χ4n) is 3.73. The van der Waals surface area contributed by atoms with Crippen LogP contribution in [-0.2, 0) is 11.3 Å². The fourth-order valence-corrected chi connectivity index (χ4v) is 3.86. The summed E-state index contributed by atoms with van der Waals surface area (Å²) in [5.74, 6) is 0.733. The van der Waals surface area contributed by atoms with Gasteiger partial charge in [-0.05, 0) is 42.5 Å². The monoisotopic (exact) mass is 367 g/mol. The second kappa shape index (κ2) is 6.69. The molecule has 0 N–H and O–H groups in total. The second-order valence-electron chi connectivity index (χ2n) is 7.27. The second-order valence-corrected chi connectivity index (χ2v) is 7.70. The first-order chi connectivity index (χ1) is 12.8. The van der Waals surface area contributed by atoms with Crippen LogP contribution in [-0.4, -0.2) is 40.6 Å². The van der Waals surface area contributed by atoms with Gasteiger partial charge in [0.15, 0.2) is 0 Å². The van der Waals surface area contributed by atoms with E-state index in [0.29, 0.717) is 0 Å². The Morgan fingerprint density at radius 3 is 2.54 bits per heavy atom. The topological polar surface area (TPSA) is 29.8 Å². The van der Waals surface area contributed by atoms with Crippen LogP contribution >= 0.6 is 11.6 Å². The summed E-state index contributed by atoms with van der Waals surface area (Å²) in [6, 6.07) is 12.4. The number of hydrogen-bond acceptors (Lipinski definition) is 3. The zero-order valence-corrected chi connectivity index (χ0v) is 15.5. The SMILES string of the molecule is Clc1ccc(-c2nc3ccc(C4CC4)cn3c2CN2CCOCC2)cc1. The first-order valence-corrected chi connectivity index (χ1v) is 9.73. The number of aromatic nitrogens is 2. The smallest absolute Gasteiger partial charge is 0.137 e. The van der Waals surface area contributed by atoms with Crippen molar-refractivity contribution < 1.29 is 4.74 Å². The molecule has 3 aromatic rings. The highest BCUT2D eigenvalue weighted by Gasteiger charge is 2.25. The van der Waals surface area contributed by atoms with Gasteiger partial charge < -0.3 is 9.14 Å². The minimum absolute atomic E-state index is 0.733. The number of halogens is 1. The predicted molar refractivity (Wildman–Crippen MR) is 104 cm³/mol. The molecule has 1 aliphatic heterocycles. The van der Waals surface area contributed by atoms with E-state index in [-0.39, 0.29) is 0 Å². The van der Waals surface area contributed by atoms with E-state index < -0.39 is 0 Å². The van der Waals surface area contributed by atoms with Gasteiger partial charge >= 0.3 is 0 Å². The maximum absolute atomic E-state index is 6.09. The molecule has 0 atom stereocenters. The van der Waals surface area contributed by atoms with Crippen LogP contribution in [0.2, 0.25) is 5.02 Å². The zero-order valence-electron chi connectivity index (χ0n) is 14.7. The Kier molecular flexibility index (Phi) is 4.20. The summed E-state index contributed by atoms with van der Waals surface area (Å²) in [5.41, 5.74) is 5.88. The molecular formula is C21H22ClN3O. The van der Waals surface area contributed by atoms with Crippen LogP contribution in [0.15, 0.2) is 42.6 Å². The Balaban J connectivity index is 1.61. The van der Waals surface area contributed by atoms with Crippen molar-refractivity contribution in [3.05, 3.63) is 58.9 Å². The molecule has 2 aromatic heterocycles. The van der Waals surface area contributed by atoms with Crippen molar-refractivity contribution in [3.8, 4) is 11.3 Å². The first-order valence-electron chi connectivity index (χ1n) is 9.35. The maximum atomic E-state index is 6.09. The highest BCUT2D eigenvalue weighted by molar-refractivity contribution is 6.30. The molecule has 1 saturated carbocycles. The molecule has 5 heteroatoms. The van der Waals surface area contributed by atoms with Crippen LogP contribution in [0.4, 0.5) is 0 Å². The standard InChI is InChI=1S/C21H22ClN3O/c22-18-6-3-16(4-7-18)21-19(14-24-9-11-26-12-10-24)25-13-17(15-1-2-15)5-8-20(25)23-21/h3-8,13,15H,1-2,9-12,14H2. The Morgan fingerprint density at radius 1 is 1.04 bits per heavy atom. The fraction of sp³-hybridized carbons (Fsp3) is 0.381. The Morgan fingerprint density at radius 2 is 1.81 bits per heavy atom. The lowest BCUT2D eigenvalue weighted by Gasteiger charge is -2.26. The van der Waals surface area contributed by atoms with E-state index in [1.54, 1.807) is 0 Å². The van der Waals surface area contributed by atoms with Gasteiger partial charge in [0, 0.05) is 36.4 Å². The van der Waals surface area contributed by atoms with E-state index in [9.17, 15) is 0 Å². The van der Waals surface area contributed by atoms with Gasteiger partial charge in [-0.15, -0.1) is 0 Å². The zero-order chi connectivity index (χ0) is 17.5. The van der Waals surface area contributed by atoms with Crippen LogP contribution in [0.1, 0.15) is 30.0 Å². The molecule has 1 aliphatic carbocycles. The van der Waals surface area contributed by atoms with E-state index in [1.165, 1.54) is 24.1 Å². The van der Waals surface area contributed by atoms with E-state index in [0.717, 1.165) is 60.7 Å². The van der Waals surface area contributed by atoms with Gasteiger partial charge in [-0.1, -0.05) is 29.8 Å². The molecule has 0 bridgehead atoms. The van der Waals surface area contributed by atoms with Gasteiger partial charge in [0.25, 0.3) is 0 Å². The lowest BCUT2D eigenvalue weighted by Crippen LogP contribution is -2.36. The summed E-state index contributed by atoms with van der Waals surface area (Å²) in [5, 5.41) is 0.753. The molecule has 2 fully saturated rings.